The minimum Gasteiger partial charge on any atom is -0.348 e. The molecule has 21 heavy (non-hydrogen) atoms. The Morgan fingerprint density at radius 2 is 2.00 bits per heavy atom. The molecule has 0 spiro atoms. The fourth-order valence-electron chi connectivity index (χ4n) is 3.70. The highest BCUT2D eigenvalue weighted by Crippen LogP contribution is 2.38. The van der Waals surface area contributed by atoms with E-state index >= 15 is 0 Å². The van der Waals surface area contributed by atoms with E-state index in [2.05, 4.69) is 24.2 Å². The monoisotopic (exact) mass is 307 g/mol. The van der Waals surface area contributed by atoms with Gasteiger partial charge in [-0.05, 0) is 45.1 Å². The molecule has 4 heteroatoms. The van der Waals surface area contributed by atoms with Crippen LogP contribution in [0.4, 0.5) is 5.13 Å². The van der Waals surface area contributed by atoms with Crippen LogP contribution in [0, 0.1) is 0 Å². The van der Waals surface area contributed by atoms with Crippen molar-refractivity contribution in [1.29, 1.82) is 0 Å². The second kappa shape index (κ2) is 7.10. The van der Waals surface area contributed by atoms with Crippen molar-refractivity contribution in [2.24, 2.45) is 0 Å². The number of hydrogen-bond acceptors (Lipinski definition) is 4. The van der Waals surface area contributed by atoms with Gasteiger partial charge in [-0.25, -0.2) is 4.98 Å². The Kier molecular flexibility index (Phi) is 5.17. The molecule has 1 atom stereocenters. The van der Waals surface area contributed by atoms with E-state index in [0.717, 1.165) is 6.54 Å². The van der Waals surface area contributed by atoms with Gasteiger partial charge in [-0.15, -0.1) is 11.3 Å². The van der Waals surface area contributed by atoms with E-state index < -0.39 is 0 Å². The van der Waals surface area contributed by atoms with Gasteiger partial charge in [0.2, 0.25) is 0 Å². The number of anilines is 1. The molecular weight excluding hydrogens is 278 g/mol. The van der Waals surface area contributed by atoms with Gasteiger partial charge in [0, 0.05) is 18.0 Å². The van der Waals surface area contributed by atoms with E-state index in [1.165, 1.54) is 73.5 Å². The molecule has 0 amide bonds. The van der Waals surface area contributed by atoms with Crippen LogP contribution in [0.5, 0.6) is 0 Å². The number of nitrogens with zero attached hydrogens (tertiary/aromatic N) is 2. The maximum absolute atomic E-state index is 5.04. The van der Waals surface area contributed by atoms with Crippen LogP contribution in [-0.2, 0) is 6.42 Å². The number of fused-ring (bicyclic) bond motifs is 1. The van der Waals surface area contributed by atoms with E-state index in [4.69, 9.17) is 4.98 Å². The van der Waals surface area contributed by atoms with Crippen molar-refractivity contribution in [2.45, 2.75) is 76.8 Å². The summed E-state index contributed by atoms with van der Waals surface area (Å²) in [6, 6.07) is 1.21. The smallest absolute Gasteiger partial charge is 0.185 e. The molecule has 0 radical (unpaired) electrons. The third-order valence-corrected chi connectivity index (χ3v) is 6.23. The molecule has 0 saturated heterocycles. The Balaban J connectivity index is 1.74. The van der Waals surface area contributed by atoms with Gasteiger partial charge in [0.15, 0.2) is 5.13 Å². The Morgan fingerprint density at radius 1 is 1.19 bits per heavy atom. The first-order valence-corrected chi connectivity index (χ1v) is 9.57. The fourth-order valence-corrected chi connectivity index (χ4v) is 4.89. The van der Waals surface area contributed by atoms with Crippen LogP contribution in [0.25, 0.3) is 0 Å². The number of nitrogens with one attached hydrogen (secondary N) is 1. The van der Waals surface area contributed by atoms with E-state index in [0.29, 0.717) is 12.1 Å². The predicted molar refractivity (Wildman–Crippen MR) is 91.4 cm³/mol. The molecule has 1 aromatic heterocycles. The molecule has 1 aromatic rings. The SMILES string of the molecule is CCCNC1CCCc2sc(N(C)C3CCCCC3)nc21. The van der Waals surface area contributed by atoms with Gasteiger partial charge in [-0.1, -0.05) is 26.2 Å². The Hall–Kier alpha value is -0.610. The molecule has 0 bridgehead atoms. The lowest BCUT2D eigenvalue weighted by atomic mass is 9.95. The zero-order valence-corrected chi connectivity index (χ0v) is 14.3. The van der Waals surface area contributed by atoms with Crippen molar-refractivity contribution in [1.82, 2.24) is 10.3 Å². The van der Waals surface area contributed by atoms with Gasteiger partial charge in [0.1, 0.15) is 0 Å². The van der Waals surface area contributed by atoms with E-state index in [9.17, 15) is 0 Å². The third kappa shape index (κ3) is 3.42. The molecule has 0 aliphatic heterocycles. The average Bonchev–Trinajstić information content (AvgIpc) is 2.97. The summed E-state index contributed by atoms with van der Waals surface area (Å²) in [5.74, 6) is 0. The van der Waals surface area contributed by atoms with Crippen LogP contribution >= 0.6 is 11.3 Å². The molecular formula is C17H29N3S. The minimum atomic E-state index is 0.499. The van der Waals surface area contributed by atoms with Gasteiger partial charge in [0.05, 0.1) is 11.7 Å². The first kappa shape index (κ1) is 15.3. The maximum Gasteiger partial charge on any atom is 0.185 e. The van der Waals surface area contributed by atoms with Gasteiger partial charge in [-0.3, -0.25) is 0 Å². The molecule has 3 rings (SSSR count). The van der Waals surface area contributed by atoms with Crippen LogP contribution < -0.4 is 10.2 Å². The molecule has 2 aliphatic carbocycles. The summed E-state index contributed by atoms with van der Waals surface area (Å²) in [4.78, 5) is 9.05. The molecule has 3 nitrogen and oxygen atoms in total. The van der Waals surface area contributed by atoms with Crippen LogP contribution in [0.2, 0.25) is 0 Å². The fraction of sp³-hybridized carbons (Fsp3) is 0.824. The topological polar surface area (TPSA) is 28.2 Å². The second-order valence-electron chi connectivity index (χ2n) is 6.61. The number of aromatic nitrogens is 1. The molecule has 1 N–H and O–H groups in total. The highest BCUT2D eigenvalue weighted by molar-refractivity contribution is 7.15. The van der Waals surface area contributed by atoms with Crippen molar-refractivity contribution < 1.29 is 0 Å². The van der Waals surface area contributed by atoms with Crippen LogP contribution in [-0.4, -0.2) is 24.6 Å². The number of thiazole rings is 1. The lowest BCUT2D eigenvalue weighted by Gasteiger charge is -2.30. The normalized spacial score (nSPS) is 23.0. The van der Waals surface area contributed by atoms with Crippen molar-refractivity contribution in [3.63, 3.8) is 0 Å². The summed E-state index contributed by atoms with van der Waals surface area (Å²) < 4.78 is 0. The molecule has 1 saturated carbocycles. The van der Waals surface area contributed by atoms with Crippen LogP contribution in [0.3, 0.4) is 0 Å². The first-order chi connectivity index (χ1) is 10.3. The van der Waals surface area contributed by atoms with Crippen LogP contribution in [0.1, 0.15) is 74.9 Å². The zero-order valence-electron chi connectivity index (χ0n) is 13.5. The Bertz CT molecular complexity index is 451. The summed E-state index contributed by atoms with van der Waals surface area (Å²) in [5, 5.41) is 4.95. The molecule has 1 unspecified atom stereocenters. The second-order valence-corrected chi connectivity index (χ2v) is 7.67. The molecule has 118 valence electrons. The number of aryl methyl sites for hydroxylation is 1. The largest absolute Gasteiger partial charge is 0.348 e. The summed E-state index contributed by atoms with van der Waals surface area (Å²) >= 11 is 1.95. The zero-order chi connectivity index (χ0) is 14.7. The number of hydrogen-bond donors (Lipinski definition) is 1. The van der Waals surface area contributed by atoms with Gasteiger partial charge >= 0.3 is 0 Å². The standard InChI is InChI=1S/C17H29N3S/c1-3-12-18-14-10-7-11-15-16(14)19-17(21-15)20(2)13-8-5-4-6-9-13/h13-14,18H,3-12H2,1-2H3. The lowest BCUT2D eigenvalue weighted by Crippen LogP contribution is -2.33. The van der Waals surface area contributed by atoms with Crippen molar-refractivity contribution in [3.8, 4) is 0 Å². The summed E-state index contributed by atoms with van der Waals surface area (Å²) in [7, 11) is 2.26. The van der Waals surface area contributed by atoms with Crippen molar-refractivity contribution in [3.05, 3.63) is 10.6 Å². The van der Waals surface area contributed by atoms with Gasteiger partial charge < -0.3 is 10.2 Å². The highest BCUT2D eigenvalue weighted by Gasteiger charge is 2.27. The first-order valence-electron chi connectivity index (χ1n) is 8.75. The quantitative estimate of drug-likeness (QED) is 0.879. The average molecular weight is 308 g/mol. The molecule has 2 aliphatic rings. The summed E-state index contributed by atoms with van der Waals surface area (Å²) in [6.45, 7) is 3.34. The maximum atomic E-state index is 5.04. The van der Waals surface area contributed by atoms with Crippen molar-refractivity contribution >= 4 is 16.5 Å². The summed E-state index contributed by atoms with van der Waals surface area (Å²) in [6.07, 6.45) is 11.9. The number of rotatable bonds is 5. The summed E-state index contributed by atoms with van der Waals surface area (Å²) in [5.41, 5.74) is 1.36. The lowest BCUT2D eigenvalue weighted by molar-refractivity contribution is 0.426. The minimum absolute atomic E-state index is 0.499. The highest BCUT2D eigenvalue weighted by atomic mass is 32.1. The molecule has 1 fully saturated rings. The predicted octanol–water partition coefficient (Wildman–Crippen LogP) is 4.29. The molecule has 0 aromatic carbocycles. The van der Waals surface area contributed by atoms with Crippen molar-refractivity contribution in [2.75, 3.05) is 18.5 Å². The van der Waals surface area contributed by atoms with Gasteiger partial charge in [0.25, 0.3) is 0 Å². The Morgan fingerprint density at radius 3 is 2.76 bits per heavy atom. The van der Waals surface area contributed by atoms with E-state index in [1.54, 1.807) is 0 Å². The van der Waals surface area contributed by atoms with Gasteiger partial charge in [-0.2, -0.15) is 0 Å². The van der Waals surface area contributed by atoms with E-state index in [-0.39, 0.29) is 0 Å². The van der Waals surface area contributed by atoms with E-state index in [1.807, 2.05) is 11.3 Å². The molecule has 1 heterocycles. The Labute approximate surface area is 133 Å². The van der Waals surface area contributed by atoms with Crippen LogP contribution in [0.15, 0.2) is 0 Å². The third-order valence-electron chi connectivity index (χ3n) is 5.01.